The number of carbonyl (C=O) groups excluding carboxylic acids is 2. The zero-order valence-electron chi connectivity index (χ0n) is 19.1. The van der Waals surface area contributed by atoms with Gasteiger partial charge >= 0.3 is 12.2 Å². The van der Waals surface area contributed by atoms with Gasteiger partial charge in [-0.15, -0.1) is 0 Å². The quantitative estimate of drug-likeness (QED) is 0.537. The third kappa shape index (κ3) is 5.67. The third-order valence-corrected chi connectivity index (χ3v) is 5.31. The number of ether oxygens (including phenoxy) is 2. The maximum atomic E-state index is 15.0. The van der Waals surface area contributed by atoms with Gasteiger partial charge < -0.3 is 15.2 Å². The van der Waals surface area contributed by atoms with Gasteiger partial charge in [0.15, 0.2) is 10.7 Å². The van der Waals surface area contributed by atoms with Gasteiger partial charge in [0.2, 0.25) is 0 Å². The summed E-state index contributed by atoms with van der Waals surface area (Å²) in [5.41, 5.74) is 0.843. The number of thioether (sulfide) groups is 1. The van der Waals surface area contributed by atoms with Crippen LogP contribution in [0.25, 0.3) is 0 Å². The molecule has 7 nitrogen and oxygen atoms in total. The predicted octanol–water partition coefficient (Wildman–Crippen LogP) is 5.53. The maximum absolute atomic E-state index is 15.0. The first-order valence-corrected chi connectivity index (χ1v) is 10.8. The standard InChI is InChI=1S/C21H28F3N3O4S/c1-18(2,3)30-16(28)27(17(29)31-19(4,5)6)15-26-20(7,21(23,24)11-32-15)13-10-12(25)8-9-14(13)22/h8-10H,11,25H2,1-7H3/t20-/m1/s1. The zero-order valence-corrected chi connectivity index (χ0v) is 19.9. The highest BCUT2D eigenvalue weighted by molar-refractivity contribution is 8.14. The molecule has 0 spiro atoms. The summed E-state index contributed by atoms with van der Waals surface area (Å²) in [6, 6.07) is 3.25. The van der Waals surface area contributed by atoms with Crippen LogP contribution < -0.4 is 5.73 Å². The Bertz CT molecular complexity index is 913. The van der Waals surface area contributed by atoms with E-state index in [1.165, 1.54) is 6.07 Å². The van der Waals surface area contributed by atoms with Crippen LogP contribution in [0.3, 0.4) is 0 Å². The summed E-state index contributed by atoms with van der Waals surface area (Å²) >= 11 is 0.464. The Morgan fingerprint density at radius 2 is 1.59 bits per heavy atom. The Morgan fingerprint density at radius 3 is 2.06 bits per heavy atom. The number of hydrogen-bond donors (Lipinski definition) is 1. The van der Waals surface area contributed by atoms with Crippen molar-refractivity contribution in [3.63, 3.8) is 0 Å². The van der Waals surface area contributed by atoms with Crippen LogP contribution in [-0.2, 0) is 15.0 Å². The second-order valence-electron chi connectivity index (χ2n) is 9.50. The molecule has 1 aliphatic rings. The van der Waals surface area contributed by atoms with Gasteiger partial charge in [0.25, 0.3) is 5.92 Å². The normalized spacial score (nSPS) is 20.9. The lowest BCUT2D eigenvalue weighted by Gasteiger charge is -2.40. The molecule has 1 aromatic rings. The fourth-order valence-electron chi connectivity index (χ4n) is 2.73. The van der Waals surface area contributed by atoms with Crippen LogP contribution in [0.1, 0.15) is 54.0 Å². The smallest absolute Gasteiger partial charge is 0.426 e. The molecule has 1 atom stereocenters. The number of nitrogens with zero attached hydrogens (tertiary/aromatic N) is 2. The molecule has 0 fully saturated rings. The van der Waals surface area contributed by atoms with Gasteiger partial charge in [0.1, 0.15) is 17.0 Å². The van der Waals surface area contributed by atoms with Gasteiger partial charge in [0.05, 0.1) is 5.75 Å². The van der Waals surface area contributed by atoms with Crippen LogP contribution in [-0.4, -0.2) is 45.1 Å². The minimum atomic E-state index is -3.52. The van der Waals surface area contributed by atoms with Crippen molar-refractivity contribution in [3.8, 4) is 0 Å². The van der Waals surface area contributed by atoms with Crippen LogP contribution >= 0.6 is 11.8 Å². The number of amides is 2. The van der Waals surface area contributed by atoms with E-state index in [1.807, 2.05) is 0 Å². The number of amidine groups is 1. The molecule has 2 amide bonds. The molecule has 2 rings (SSSR count). The lowest BCUT2D eigenvalue weighted by Crippen LogP contribution is -2.53. The molecule has 0 saturated carbocycles. The lowest BCUT2D eigenvalue weighted by molar-refractivity contribution is -0.0494. The minimum absolute atomic E-state index is 0.0598. The Labute approximate surface area is 189 Å². The first kappa shape index (κ1) is 25.8. The number of rotatable bonds is 1. The number of nitrogen functional groups attached to an aromatic ring is 1. The van der Waals surface area contributed by atoms with Crippen molar-refractivity contribution in [1.29, 1.82) is 0 Å². The second-order valence-corrected chi connectivity index (χ2v) is 10.4. The SMILES string of the molecule is CC(C)(C)OC(=O)N(C(=O)OC(C)(C)C)C1=N[C@](C)(c2cc(N)ccc2F)C(F)(F)CS1. The molecule has 178 valence electrons. The average Bonchev–Trinajstić information content (AvgIpc) is 2.57. The largest absolute Gasteiger partial charge is 0.443 e. The fourth-order valence-corrected chi connectivity index (χ4v) is 3.85. The van der Waals surface area contributed by atoms with Crippen molar-refractivity contribution in [3.05, 3.63) is 29.6 Å². The lowest BCUT2D eigenvalue weighted by atomic mass is 9.86. The topological polar surface area (TPSA) is 94.2 Å². The number of alkyl halides is 2. The highest BCUT2D eigenvalue weighted by Crippen LogP contribution is 2.48. The number of imide groups is 1. The zero-order chi connectivity index (χ0) is 24.7. The summed E-state index contributed by atoms with van der Waals surface area (Å²) in [5, 5.41) is -0.399. The average molecular weight is 476 g/mol. The van der Waals surface area contributed by atoms with Gasteiger partial charge in [-0.3, -0.25) is 0 Å². The van der Waals surface area contributed by atoms with E-state index in [0.29, 0.717) is 16.7 Å². The van der Waals surface area contributed by atoms with E-state index in [2.05, 4.69) is 4.99 Å². The van der Waals surface area contributed by atoms with Crippen molar-refractivity contribution < 1.29 is 32.2 Å². The Hall–Kier alpha value is -2.43. The molecular formula is C21H28F3N3O4S. The molecule has 0 aliphatic carbocycles. The first-order valence-electron chi connectivity index (χ1n) is 9.78. The van der Waals surface area contributed by atoms with E-state index in [1.54, 1.807) is 41.5 Å². The van der Waals surface area contributed by atoms with Crippen LogP contribution in [0, 0.1) is 5.82 Å². The highest BCUT2D eigenvalue weighted by Gasteiger charge is 2.57. The van der Waals surface area contributed by atoms with Gasteiger partial charge in [-0.25, -0.2) is 27.8 Å². The molecule has 0 saturated heterocycles. The van der Waals surface area contributed by atoms with E-state index in [9.17, 15) is 14.0 Å². The summed E-state index contributed by atoms with van der Waals surface area (Å²) in [6.45, 7) is 10.5. The van der Waals surface area contributed by atoms with Crippen LogP contribution in [0.5, 0.6) is 0 Å². The summed E-state index contributed by atoms with van der Waals surface area (Å²) in [5.74, 6) is -5.35. The molecule has 2 N–H and O–H groups in total. The number of nitrogens with two attached hydrogens (primary N) is 1. The Kier molecular flexibility index (Phi) is 6.85. The summed E-state index contributed by atoms with van der Waals surface area (Å²) < 4.78 is 55.2. The number of hydrogen-bond acceptors (Lipinski definition) is 7. The van der Waals surface area contributed by atoms with Gasteiger partial charge in [-0.05, 0) is 66.7 Å². The molecule has 0 aromatic heterocycles. The Balaban J connectivity index is 2.65. The monoisotopic (exact) mass is 475 g/mol. The van der Waals surface area contributed by atoms with Crippen LogP contribution in [0.15, 0.2) is 23.2 Å². The molecule has 0 bridgehead atoms. The summed E-state index contributed by atoms with van der Waals surface area (Å²) in [7, 11) is 0. The first-order chi connectivity index (χ1) is 14.4. The molecule has 11 heteroatoms. The summed E-state index contributed by atoms with van der Waals surface area (Å²) in [4.78, 5) is 30.1. The van der Waals surface area contributed by atoms with E-state index in [0.717, 1.165) is 19.1 Å². The van der Waals surface area contributed by atoms with E-state index < -0.39 is 57.2 Å². The molecule has 1 heterocycles. The summed E-state index contributed by atoms with van der Waals surface area (Å²) in [6.07, 6.45) is -2.31. The van der Waals surface area contributed by atoms with Gasteiger partial charge in [0, 0.05) is 11.3 Å². The molecule has 1 aromatic carbocycles. The molecule has 0 radical (unpaired) electrons. The van der Waals surface area contributed by atoms with Crippen molar-refractivity contribution >= 4 is 34.8 Å². The van der Waals surface area contributed by atoms with Gasteiger partial charge in [-0.1, -0.05) is 11.8 Å². The van der Waals surface area contributed by atoms with E-state index in [-0.39, 0.29) is 5.69 Å². The Morgan fingerprint density at radius 1 is 1.09 bits per heavy atom. The number of aliphatic imine (C=N–C) groups is 1. The third-order valence-electron chi connectivity index (χ3n) is 4.27. The van der Waals surface area contributed by atoms with Gasteiger partial charge in [-0.2, -0.15) is 4.90 Å². The van der Waals surface area contributed by atoms with Crippen LogP contribution in [0.4, 0.5) is 28.4 Å². The van der Waals surface area contributed by atoms with E-state index in [4.69, 9.17) is 15.2 Å². The van der Waals surface area contributed by atoms with Crippen molar-refractivity contribution in [2.45, 2.75) is 71.1 Å². The van der Waals surface area contributed by atoms with Crippen molar-refractivity contribution in [1.82, 2.24) is 4.90 Å². The highest BCUT2D eigenvalue weighted by atomic mass is 32.2. The van der Waals surface area contributed by atoms with Crippen molar-refractivity contribution in [2.24, 2.45) is 4.99 Å². The molecule has 32 heavy (non-hydrogen) atoms. The minimum Gasteiger partial charge on any atom is -0.443 e. The second kappa shape index (κ2) is 8.49. The molecular weight excluding hydrogens is 447 g/mol. The van der Waals surface area contributed by atoms with Crippen LogP contribution in [0.2, 0.25) is 0 Å². The number of carbonyl (C=O) groups is 2. The number of halogens is 3. The predicted molar refractivity (Wildman–Crippen MR) is 117 cm³/mol. The number of anilines is 1. The van der Waals surface area contributed by atoms with Crippen molar-refractivity contribution in [2.75, 3.05) is 11.5 Å². The van der Waals surface area contributed by atoms with E-state index >= 15 is 8.78 Å². The maximum Gasteiger partial charge on any atom is 0.426 e. The fraction of sp³-hybridized carbons (Fsp3) is 0.571. The molecule has 1 aliphatic heterocycles. The number of benzene rings is 1. The molecule has 0 unspecified atom stereocenters.